The number of carbonyl (C=O) groups excluding carboxylic acids is 1. The summed E-state index contributed by atoms with van der Waals surface area (Å²) < 4.78 is 0. The van der Waals surface area contributed by atoms with E-state index in [1.54, 1.807) is 11.3 Å². The molecule has 0 bridgehead atoms. The van der Waals surface area contributed by atoms with E-state index in [4.69, 9.17) is 0 Å². The highest BCUT2D eigenvalue weighted by Crippen LogP contribution is 2.33. The van der Waals surface area contributed by atoms with Crippen molar-refractivity contribution in [3.05, 3.63) is 77.2 Å². The van der Waals surface area contributed by atoms with Gasteiger partial charge in [0.15, 0.2) is 0 Å². The number of thiophene rings is 1. The van der Waals surface area contributed by atoms with Gasteiger partial charge in [-0.25, -0.2) is 0 Å². The van der Waals surface area contributed by atoms with E-state index < -0.39 is 0 Å². The van der Waals surface area contributed by atoms with Crippen molar-refractivity contribution in [3.63, 3.8) is 0 Å². The molecule has 0 atom stereocenters. The molecule has 3 rings (SSSR count). The summed E-state index contributed by atoms with van der Waals surface area (Å²) in [4.78, 5) is 16.0. The van der Waals surface area contributed by atoms with Crippen molar-refractivity contribution in [2.45, 2.75) is 52.5 Å². The third kappa shape index (κ3) is 4.90. The van der Waals surface area contributed by atoms with E-state index in [0.717, 1.165) is 17.7 Å². The number of anilines is 1. The second kappa shape index (κ2) is 8.74. The van der Waals surface area contributed by atoms with Crippen LogP contribution >= 0.6 is 11.3 Å². The SMILES string of the molecule is CCCC(=O)N(Cc1ccc(C(C)(C)C)cc1)c1csc(-c2ccccc2)c1. The average Bonchev–Trinajstić information content (AvgIpc) is 3.16. The molecular weight excluding hydrogens is 362 g/mol. The van der Waals surface area contributed by atoms with Gasteiger partial charge in [-0.2, -0.15) is 0 Å². The molecule has 0 saturated carbocycles. The van der Waals surface area contributed by atoms with Crippen molar-refractivity contribution >= 4 is 22.9 Å². The smallest absolute Gasteiger partial charge is 0.227 e. The van der Waals surface area contributed by atoms with Gasteiger partial charge in [0.25, 0.3) is 0 Å². The third-order valence-corrected chi connectivity index (χ3v) is 5.85. The van der Waals surface area contributed by atoms with E-state index >= 15 is 0 Å². The Morgan fingerprint density at radius 3 is 2.29 bits per heavy atom. The number of carbonyl (C=O) groups is 1. The average molecular weight is 392 g/mol. The van der Waals surface area contributed by atoms with Gasteiger partial charge >= 0.3 is 0 Å². The second-order valence-electron chi connectivity index (χ2n) is 8.21. The van der Waals surface area contributed by atoms with Crippen LogP contribution in [0.3, 0.4) is 0 Å². The quantitative estimate of drug-likeness (QED) is 0.441. The van der Waals surface area contributed by atoms with Crippen molar-refractivity contribution in [3.8, 4) is 10.4 Å². The lowest BCUT2D eigenvalue weighted by Gasteiger charge is -2.23. The van der Waals surface area contributed by atoms with Crippen molar-refractivity contribution < 1.29 is 4.79 Å². The summed E-state index contributed by atoms with van der Waals surface area (Å²) in [6, 6.07) is 21.1. The summed E-state index contributed by atoms with van der Waals surface area (Å²) in [5.74, 6) is 0.180. The van der Waals surface area contributed by atoms with E-state index in [0.29, 0.717) is 13.0 Å². The molecule has 0 radical (unpaired) electrons. The summed E-state index contributed by atoms with van der Waals surface area (Å²) in [7, 11) is 0. The minimum absolute atomic E-state index is 0.133. The molecular formula is C25H29NOS. The van der Waals surface area contributed by atoms with Gasteiger partial charge in [0.2, 0.25) is 5.91 Å². The Kier molecular flexibility index (Phi) is 6.35. The highest BCUT2D eigenvalue weighted by atomic mass is 32.1. The van der Waals surface area contributed by atoms with Crippen molar-refractivity contribution in [1.82, 2.24) is 0 Å². The standard InChI is InChI=1S/C25H29NOS/c1-5-9-24(27)26(17-19-12-14-21(15-13-19)25(2,3)4)22-16-23(28-18-22)20-10-7-6-8-11-20/h6-8,10-16,18H,5,9,17H2,1-4H3. The van der Waals surface area contributed by atoms with Gasteiger partial charge in [-0.1, -0.05) is 82.3 Å². The van der Waals surface area contributed by atoms with E-state index in [2.05, 4.69) is 75.5 Å². The maximum absolute atomic E-state index is 12.9. The zero-order valence-electron chi connectivity index (χ0n) is 17.2. The Hall–Kier alpha value is -2.39. The fraction of sp³-hybridized carbons (Fsp3) is 0.320. The first-order valence-corrected chi connectivity index (χ1v) is 10.8. The fourth-order valence-corrected chi connectivity index (χ4v) is 4.09. The highest BCUT2D eigenvalue weighted by molar-refractivity contribution is 7.14. The van der Waals surface area contributed by atoms with Gasteiger partial charge in [-0.15, -0.1) is 11.3 Å². The Morgan fingerprint density at radius 2 is 1.68 bits per heavy atom. The normalized spacial score (nSPS) is 11.4. The lowest BCUT2D eigenvalue weighted by atomic mass is 9.87. The molecule has 1 aromatic heterocycles. The van der Waals surface area contributed by atoms with Crippen LogP contribution in [0.25, 0.3) is 10.4 Å². The van der Waals surface area contributed by atoms with E-state index in [1.165, 1.54) is 16.0 Å². The predicted molar refractivity (Wildman–Crippen MR) is 121 cm³/mol. The molecule has 0 unspecified atom stereocenters. The first kappa shape index (κ1) is 20.3. The summed E-state index contributed by atoms with van der Waals surface area (Å²) >= 11 is 1.69. The van der Waals surface area contributed by atoms with Crippen LogP contribution in [0.5, 0.6) is 0 Å². The zero-order chi connectivity index (χ0) is 20.1. The first-order chi connectivity index (χ1) is 13.4. The van der Waals surface area contributed by atoms with E-state index in [9.17, 15) is 4.79 Å². The Morgan fingerprint density at radius 1 is 1.00 bits per heavy atom. The second-order valence-corrected chi connectivity index (χ2v) is 9.12. The maximum Gasteiger partial charge on any atom is 0.227 e. The molecule has 2 nitrogen and oxygen atoms in total. The largest absolute Gasteiger partial charge is 0.307 e. The predicted octanol–water partition coefficient (Wildman–Crippen LogP) is 7.05. The van der Waals surface area contributed by atoms with Crippen molar-refractivity contribution in [2.75, 3.05) is 4.90 Å². The van der Waals surface area contributed by atoms with Crippen LogP contribution < -0.4 is 4.90 Å². The van der Waals surface area contributed by atoms with Crippen molar-refractivity contribution in [1.29, 1.82) is 0 Å². The molecule has 0 aliphatic rings. The van der Waals surface area contributed by atoms with Gasteiger partial charge in [-0.3, -0.25) is 4.79 Å². The van der Waals surface area contributed by atoms with Crippen LogP contribution in [0, 0.1) is 0 Å². The van der Waals surface area contributed by atoms with Crippen LogP contribution in [0.15, 0.2) is 66.0 Å². The molecule has 1 heterocycles. The van der Waals surface area contributed by atoms with Crippen LogP contribution in [0.4, 0.5) is 5.69 Å². The summed E-state index contributed by atoms with van der Waals surface area (Å²) in [5.41, 5.74) is 4.78. The van der Waals surface area contributed by atoms with Gasteiger partial charge in [-0.05, 0) is 34.6 Å². The number of hydrogen-bond donors (Lipinski definition) is 0. The van der Waals surface area contributed by atoms with E-state index in [-0.39, 0.29) is 11.3 Å². The van der Waals surface area contributed by atoms with Crippen molar-refractivity contribution in [2.24, 2.45) is 0 Å². The number of rotatable bonds is 6. The molecule has 0 spiro atoms. The molecule has 0 fully saturated rings. The summed E-state index contributed by atoms with van der Waals surface area (Å²) in [6.45, 7) is 9.31. The third-order valence-electron chi connectivity index (χ3n) is 4.88. The Bertz CT molecular complexity index is 904. The maximum atomic E-state index is 12.9. The van der Waals surface area contributed by atoms with E-state index in [1.807, 2.05) is 23.1 Å². The molecule has 2 aromatic carbocycles. The minimum atomic E-state index is 0.133. The number of benzene rings is 2. The van der Waals surface area contributed by atoms with Crippen LogP contribution in [0.1, 0.15) is 51.7 Å². The van der Waals surface area contributed by atoms with Gasteiger partial charge < -0.3 is 4.90 Å². The van der Waals surface area contributed by atoms with Gasteiger partial charge in [0, 0.05) is 16.7 Å². The topological polar surface area (TPSA) is 20.3 Å². The summed E-state index contributed by atoms with van der Waals surface area (Å²) in [6.07, 6.45) is 1.42. The lowest BCUT2D eigenvalue weighted by Crippen LogP contribution is -2.29. The van der Waals surface area contributed by atoms with Crippen LogP contribution in [-0.2, 0) is 16.8 Å². The number of nitrogens with zero attached hydrogens (tertiary/aromatic N) is 1. The Labute approximate surface area is 172 Å². The molecule has 146 valence electrons. The molecule has 0 aliphatic carbocycles. The molecule has 0 aliphatic heterocycles. The lowest BCUT2D eigenvalue weighted by molar-refractivity contribution is -0.118. The van der Waals surface area contributed by atoms with Gasteiger partial charge in [0.05, 0.1) is 12.2 Å². The molecule has 0 N–H and O–H groups in total. The fourth-order valence-electron chi connectivity index (χ4n) is 3.19. The Balaban J connectivity index is 1.86. The molecule has 0 saturated heterocycles. The molecule has 3 heteroatoms. The number of amides is 1. The highest BCUT2D eigenvalue weighted by Gasteiger charge is 2.18. The van der Waals surface area contributed by atoms with Crippen LogP contribution in [0.2, 0.25) is 0 Å². The van der Waals surface area contributed by atoms with Gasteiger partial charge in [0.1, 0.15) is 0 Å². The minimum Gasteiger partial charge on any atom is -0.307 e. The van der Waals surface area contributed by atoms with Crippen LogP contribution in [-0.4, -0.2) is 5.91 Å². The molecule has 1 amide bonds. The molecule has 28 heavy (non-hydrogen) atoms. The zero-order valence-corrected chi connectivity index (χ0v) is 18.1. The summed E-state index contributed by atoms with van der Waals surface area (Å²) in [5, 5.41) is 2.10. The molecule has 3 aromatic rings. The first-order valence-electron chi connectivity index (χ1n) is 9.92. The monoisotopic (exact) mass is 391 g/mol. The number of hydrogen-bond acceptors (Lipinski definition) is 2.